The minimum atomic E-state index is -1.01. The Morgan fingerprint density at radius 1 is 0.941 bits per heavy atom. The van der Waals surface area contributed by atoms with Crippen LogP contribution in [0.2, 0.25) is 10.0 Å². The summed E-state index contributed by atoms with van der Waals surface area (Å²) in [5.74, 6) is -1.96. The van der Waals surface area contributed by atoms with Crippen LogP contribution in [0.1, 0.15) is 22.8 Å². The topological polar surface area (TPSA) is 106 Å². The van der Waals surface area contributed by atoms with Gasteiger partial charge in [-0.2, -0.15) is 5.10 Å². The maximum atomic E-state index is 12.3. The SMILES string of the molecule is CCOc1cc(/C=N/NC(=O)C(=O)Nc2cccc(Cl)c2Cl)ccc1OC(=O)c1ccccc1. The summed E-state index contributed by atoms with van der Waals surface area (Å²) in [6.07, 6.45) is 1.31. The van der Waals surface area contributed by atoms with E-state index in [-0.39, 0.29) is 21.5 Å². The molecule has 0 aliphatic rings. The normalized spacial score (nSPS) is 10.6. The second-order valence-corrected chi connectivity index (χ2v) is 7.43. The fraction of sp³-hybridized carbons (Fsp3) is 0.0833. The first-order valence-corrected chi connectivity index (χ1v) is 10.8. The van der Waals surface area contributed by atoms with E-state index in [1.54, 1.807) is 67.6 Å². The highest BCUT2D eigenvalue weighted by molar-refractivity contribution is 6.45. The smallest absolute Gasteiger partial charge is 0.343 e. The van der Waals surface area contributed by atoms with Gasteiger partial charge in [0.1, 0.15) is 0 Å². The molecule has 10 heteroatoms. The zero-order chi connectivity index (χ0) is 24.5. The molecule has 0 radical (unpaired) electrons. The fourth-order valence-electron chi connectivity index (χ4n) is 2.69. The third-order valence-electron chi connectivity index (χ3n) is 4.27. The Labute approximate surface area is 205 Å². The van der Waals surface area contributed by atoms with Crippen LogP contribution in [0, 0.1) is 0 Å². The average Bonchev–Trinajstić information content (AvgIpc) is 2.84. The van der Waals surface area contributed by atoms with Crippen molar-refractivity contribution < 1.29 is 23.9 Å². The summed E-state index contributed by atoms with van der Waals surface area (Å²) in [5.41, 5.74) is 3.24. The lowest BCUT2D eigenvalue weighted by Gasteiger charge is -2.11. The van der Waals surface area contributed by atoms with E-state index in [9.17, 15) is 14.4 Å². The fourth-order valence-corrected chi connectivity index (χ4v) is 3.03. The maximum absolute atomic E-state index is 12.3. The number of amides is 2. The molecular weight excluding hydrogens is 481 g/mol. The Kier molecular flexibility index (Phi) is 8.61. The molecule has 2 N–H and O–H groups in total. The number of esters is 1. The Hall–Kier alpha value is -3.88. The number of carbonyl (C=O) groups excluding carboxylic acids is 3. The summed E-state index contributed by atoms with van der Waals surface area (Å²) in [5, 5.41) is 6.48. The molecule has 0 saturated heterocycles. The van der Waals surface area contributed by atoms with Gasteiger partial charge in [-0.05, 0) is 55.0 Å². The first-order chi connectivity index (χ1) is 16.4. The Morgan fingerprint density at radius 2 is 1.71 bits per heavy atom. The predicted molar refractivity (Wildman–Crippen MR) is 130 cm³/mol. The van der Waals surface area contributed by atoms with Gasteiger partial charge >= 0.3 is 17.8 Å². The summed E-state index contributed by atoms with van der Waals surface area (Å²) in [4.78, 5) is 36.4. The summed E-state index contributed by atoms with van der Waals surface area (Å²) in [6, 6.07) is 17.9. The minimum Gasteiger partial charge on any atom is -0.490 e. The van der Waals surface area contributed by atoms with Crippen LogP contribution in [0.15, 0.2) is 71.8 Å². The zero-order valence-corrected chi connectivity index (χ0v) is 19.4. The summed E-state index contributed by atoms with van der Waals surface area (Å²) >= 11 is 11.9. The van der Waals surface area contributed by atoms with Gasteiger partial charge < -0.3 is 14.8 Å². The number of hydrogen-bond acceptors (Lipinski definition) is 6. The summed E-state index contributed by atoms with van der Waals surface area (Å²) < 4.78 is 11.0. The second-order valence-electron chi connectivity index (χ2n) is 6.65. The molecule has 34 heavy (non-hydrogen) atoms. The van der Waals surface area contributed by atoms with Gasteiger partial charge in [-0.15, -0.1) is 0 Å². The number of nitrogens with zero attached hydrogens (tertiary/aromatic N) is 1. The molecule has 0 atom stereocenters. The van der Waals surface area contributed by atoms with Gasteiger partial charge in [0.2, 0.25) is 0 Å². The standard InChI is InChI=1S/C24H19Cl2N3O5/c1-2-33-20-13-15(11-12-19(20)34-24(32)16-7-4-3-5-8-16)14-27-29-23(31)22(30)28-18-10-6-9-17(25)21(18)26/h3-14H,2H2,1H3,(H,28,30)(H,29,31)/b27-14+. The van der Waals surface area contributed by atoms with Crippen molar-refractivity contribution in [2.45, 2.75) is 6.92 Å². The molecule has 0 bridgehead atoms. The number of ether oxygens (including phenoxy) is 2. The maximum Gasteiger partial charge on any atom is 0.343 e. The van der Waals surface area contributed by atoms with Crippen molar-refractivity contribution in [3.05, 3.63) is 87.9 Å². The number of nitrogens with one attached hydrogen (secondary N) is 2. The number of carbonyl (C=O) groups is 3. The number of hydrazone groups is 1. The molecule has 3 aromatic rings. The van der Waals surface area contributed by atoms with Gasteiger partial charge in [0.15, 0.2) is 11.5 Å². The molecule has 2 amide bonds. The zero-order valence-electron chi connectivity index (χ0n) is 17.9. The first-order valence-electron chi connectivity index (χ1n) is 10.0. The van der Waals surface area contributed by atoms with E-state index in [1.807, 2.05) is 0 Å². The van der Waals surface area contributed by atoms with Gasteiger partial charge in [0.05, 0.1) is 34.1 Å². The molecule has 8 nitrogen and oxygen atoms in total. The van der Waals surface area contributed by atoms with E-state index in [0.717, 1.165) is 0 Å². The lowest BCUT2D eigenvalue weighted by atomic mass is 10.2. The Balaban J connectivity index is 1.64. The minimum absolute atomic E-state index is 0.116. The Bertz CT molecular complexity index is 1230. The quantitative estimate of drug-likeness (QED) is 0.161. The van der Waals surface area contributed by atoms with Crippen LogP contribution >= 0.6 is 23.2 Å². The Morgan fingerprint density at radius 3 is 2.44 bits per heavy atom. The molecule has 0 unspecified atom stereocenters. The first kappa shape index (κ1) is 24.8. The largest absolute Gasteiger partial charge is 0.490 e. The highest BCUT2D eigenvalue weighted by Crippen LogP contribution is 2.30. The third kappa shape index (κ3) is 6.57. The molecule has 0 saturated carbocycles. The van der Waals surface area contributed by atoms with Crippen molar-refractivity contribution in [1.82, 2.24) is 5.43 Å². The molecule has 0 spiro atoms. The van der Waals surface area contributed by atoms with Gasteiger partial charge in [-0.25, -0.2) is 10.2 Å². The number of rotatable bonds is 7. The lowest BCUT2D eigenvalue weighted by Crippen LogP contribution is -2.32. The van der Waals surface area contributed by atoms with E-state index in [1.165, 1.54) is 12.3 Å². The van der Waals surface area contributed by atoms with Crippen LogP contribution in [0.25, 0.3) is 0 Å². The van der Waals surface area contributed by atoms with Crippen molar-refractivity contribution >= 4 is 52.9 Å². The molecule has 3 rings (SSSR count). The summed E-state index contributed by atoms with van der Waals surface area (Å²) in [6.45, 7) is 2.12. The van der Waals surface area contributed by atoms with E-state index >= 15 is 0 Å². The molecule has 0 fully saturated rings. The van der Waals surface area contributed by atoms with Crippen molar-refractivity contribution in [1.29, 1.82) is 0 Å². The number of benzene rings is 3. The van der Waals surface area contributed by atoms with E-state index in [4.69, 9.17) is 32.7 Å². The van der Waals surface area contributed by atoms with Gasteiger partial charge in [-0.1, -0.05) is 47.5 Å². The molecule has 3 aromatic carbocycles. The highest BCUT2D eigenvalue weighted by Gasteiger charge is 2.16. The molecule has 0 aliphatic carbocycles. The third-order valence-corrected chi connectivity index (χ3v) is 5.08. The van der Waals surface area contributed by atoms with Gasteiger partial charge in [-0.3, -0.25) is 9.59 Å². The molecule has 0 aliphatic heterocycles. The monoisotopic (exact) mass is 499 g/mol. The number of halogens is 2. The van der Waals surface area contributed by atoms with Crippen molar-refractivity contribution in [3.63, 3.8) is 0 Å². The second kappa shape index (κ2) is 11.8. The molecule has 0 aromatic heterocycles. The van der Waals surface area contributed by atoms with Crippen molar-refractivity contribution in [2.24, 2.45) is 5.10 Å². The van der Waals surface area contributed by atoms with Crippen LogP contribution in [-0.4, -0.2) is 30.6 Å². The van der Waals surface area contributed by atoms with E-state index < -0.39 is 17.8 Å². The molecule has 174 valence electrons. The van der Waals surface area contributed by atoms with Crippen LogP contribution < -0.4 is 20.2 Å². The van der Waals surface area contributed by atoms with E-state index in [0.29, 0.717) is 23.5 Å². The van der Waals surface area contributed by atoms with Crippen LogP contribution in [-0.2, 0) is 9.59 Å². The molecule has 0 heterocycles. The highest BCUT2D eigenvalue weighted by atomic mass is 35.5. The van der Waals surface area contributed by atoms with Crippen molar-refractivity contribution in [3.8, 4) is 11.5 Å². The number of hydrogen-bond donors (Lipinski definition) is 2. The van der Waals surface area contributed by atoms with Crippen LogP contribution in [0.5, 0.6) is 11.5 Å². The lowest BCUT2D eigenvalue weighted by molar-refractivity contribution is -0.136. The summed E-state index contributed by atoms with van der Waals surface area (Å²) in [7, 11) is 0. The predicted octanol–water partition coefficient (Wildman–Crippen LogP) is 4.70. The molecular formula is C24H19Cl2N3O5. The van der Waals surface area contributed by atoms with Gasteiger partial charge in [0.25, 0.3) is 0 Å². The van der Waals surface area contributed by atoms with Crippen LogP contribution in [0.3, 0.4) is 0 Å². The van der Waals surface area contributed by atoms with Crippen LogP contribution in [0.4, 0.5) is 5.69 Å². The number of anilines is 1. The average molecular weight is 500 g/mol. The van der Waals surface area contributed by atoms with Crippen molar-refractivity contribution in [2.75, 3.05) is 11.9 Å². The van der Waals surface area contributed by atoms with Gasteiger partial charge in [0, 0.05) is 0 Å². The van der Waals surface area contributed by atoms with E-state index in [2.05, 4.69) is 15.8 Å².